The third-order valence-corrected chi connectivity index (χ3v) is 4.55. The van der Waals surface area contributed by atoms with Gasteiger partial charge in [-0.15, -0.1) is 24.8 Å². The van der Waals surface area contributed by atoms with E-state index in [0.717, 1.165) is 51.0 Å². The zero-order chi connectivity index (χ0) is 15.9. The number of amides is 1. The Morgan fingerprint density at radius 1 is 1.17 bits per heavy atom. The number of carbonyl (C=O) groups excluding carboxylic acids is 1. The lowest BCUT2D eigenvalue weighted by molar-refractivity contribution is 0.0707. The molecular formula is C18H31Cl2N3O. The molecule has 0 aromatic heterocycles. The highest BCUT2D eigenvalue weighted by atomic mass is 35.5. The van der Waals surface area contributed by atoms with Crippen molar-refractivity contribution in [2.45, 2.75) is 39.2 Å². The molecule has 1 aliphatic heterocycles. The lowest BCUT2D eigenvalue weighted by atomic mass is 10.0. The maximum atomic E-state index is 12.6. The van der Waals surface area contributed by atoms with Gasteiger partial charge in [-0.05, 0) is 57.5 Å². The largest absolute Gasteiger partial charge is 0.372 e. The smallest absolute Gasteiger partial charge is 0.253 e. The number of carbonyl (C=O) groups is 1. The number of nitrogens with one attached hydrogen (secondary N) is 1. The molecule has 2 rings (SSSR count). The Hall–Kier alpha value is -0.970. The lowest BCUT2D eigenvalue weighted by Crippen LogP contribution is -2.43. The molecule has 1 amide bonds. The molecule has 4 nitrogen and oxygen atoms in total. The van der Waals surface area contributed by atoms with Crippen molar-refractivity contribution in [1.29, 1.82) is 0 Å². The van der Waals surface area contributed by atoms with Gasteiger partial charge in [-0.3, -0.25) is 4.79 Å². The first kappa shape index (κ1) is 23.0. The monoisotopic (exact) mass is 375 g/mol. The Balaban J connectivity index is 0.00000264. The third kappa shape index (κ3) is 5.83. The standard InChI is InChI=1S/C18H29N3O.2ClH/c1-4-12-20(5-2)17-8-6-15(7-9-17)18(22)21-13-10-16(19-3)11-14-21;;/h6-9,16,19H,4-5,10-14H2,1-3H3;2*1H. The zero-order valence-corrected chi connectivity index (χ0v) is 16.6. The molecule has 1 N–H and O–H groups in total. The minimum Gasteiger partial charge on any atom is -0.372 e. The van der Waals surface area contributed by atoms with E-state index in [4.69, 9.17) is 0 Å². The summed E-state index contributed by atoms with van der Waals surface area (Å²) in [6.07, 6.45) is 3.22. The molecule has 1 aromatic rings. The van der Waals surface area contributed by atoms with Gasteiger partial charge in [-0.1, -0.05) is 6.92 Å². The van der Waals surface area contributed by atoms with Crippen LogP contribution in [0.25, 0.3) is 0 Å². The van der Waals surface area contributed by atoms with Gasteiger partial charge >= 0.3 is 0 Å². The van der Waals surface area contributed by atoms with E-state index in [9.17, 15) is 4.79 Å². The Kier molecular flexibility index (Phi) is 11.1. The molecule has 0 aliphatic carbocycles. The van der Waals surface area contributed by atoms with E-state index in [1.165, 1.54) is 5.69 Å². The summed E-state index contributed by atoms with van der Waals surface area (Å²) in [5, 5.41) is 3.30. The molecule has 1 heterocycles. The van der Waals surface area contributed by atoms with E-state index >= 15 is 0 Å². The van der Waals surface area contributed by atoms with Gasteiger partial charge in [0.1, 0.15) is 0 Å². The van der Waals surface area contributed by atoms with Crippen LogP contribution in [0.3, 0.4) is 0 Å². The van der Waals surface area contributed by atoms with Crippen LogP contribution in [0.4, 0.5) is 5.69 Å². The second-order valence-corrected chi connectivity index (χ2v) is 5.98. The van der Waals surface area contributed by atoms with Crippen molar-refractivity contribution < 1.29 is 4.79 Å². The summed E-state index contributed by atoms with van der Waals surface area (Å²) in [5.41, 5.74) is 2.01. The summed E-state index contributed by atoms with van der Waals surface area (Å²) in [5.74, 6) is 0.166. The van der Waals surface area contributed by atoms with Gasteiger partial charge in [0.05, 0.1) is 0 Å². The van der Waals surface area contributed by atoms with Crippen molar-refractivity contribution in [3.63, 3.8) is 0 Å². The first-order valence-electron chi connectivity index (χ1n) is 8.51. The van der Waals surface area contributed by atoms with Crippen molar-refractivity contribution >= 4 is 36.4 Å². The number of anilines is 1. The number of nitrogens with zero attached hydrogens (tertiary/aromatic N) is 2. The molecular weight excluding hydrogens is 345 g/mol. The number of piperidine rings is 1. The molecule has 1 aromatic carbocycles. The second-order valence-electron chi connectivity index (χ2n) is 5.98. The summed E-state index contributed by atoms with van der Waals surface area (Å²) < 4.78 is 0. The van der Waals surface area contributed by atoms with Crippen molar-refractivity contribution in [3.8, 4) is 0 Å². The van der Waals surface area contributed by atoms with Gasteiger partial charge in [0.25, 0.3) is 5.91 Å². The number of halogens is 2. The van der Waals surface area contributed by atoms with Crippen molar-refractivity contribution in [2.24, 2.45) is 0 Å². The Morgan fingerprint density at radius 3 is 2.21 bits per heavy atom. The van der Waals surface area contributed by atoms with Crippen LogP contribution in [0.15, 0.2) is 24.3 Å². The second kappa shape index (κ2) is 11.6. The van der Waals surface area contributed by atoms with Crippen LogP contribution in [0, 0.1) is 0 Å². The van der Waals surface area contributed by atoms with Gasteiger partial charge in [-0.2, -0.15) is 0 Å². The summed E-state index contributed by atoms with van der Waals surface area (Å²) in [6.45, 7) is 8.11. The van der Waals surface area contributed by atoms with E-state index < -0.39 is 0 Å². The van der Waals surface area contributed by atoms with Crippen LogP contribution in [-0.2, 0) is 0 Å². The molecule has 0 saturated carbocycles. The molecule has 0 unspecified atom stereocenters. The fourth-order valence-electron chi connectivity index (χ4n) is 3.11. The molecule has 0 bridgehead atoms. The molecule has 1 fully saturated rings. The summed E-state index contributed by atoms with van der Waals surface area (Å²) in [4.78, 5) is 16.9. The van der Waals surface area contributed by atoms with E-state index in [2.05, 4.69) is 36.2 Å². The van der Waals surface area contributed by atoms with Crippen LogP contribution in [0.5, 0.6) is 0 Å². The highest BCUT2D eigenvalue weighted by Gasteiger charge is 2.22. The van der Waals surface area contributed by atoms with Crippen LogP contribution < -0.4 is 10.2 Å². The number of rotatable bonds is 6. The summed E-state index contributed by atoms with van der Waals surface area (Å²) in [6, 6.07) is 8.65. The minimum absolute atomic E-state index is 0. The average molecular weight is 376 g/mol. The van der Waals surface area contributed by atoms with E-state index in [1.54, 1.807) is 0 Å². The third-order valence-electron chi connectivity index (χ3n) is 4.55. The van der Waals surface area contributed by atoms with E-state index in [0.29, 0.717) is 6.04 Å². The summed E-state index contributed by atoms with van der Waals surface area (Å²) in [7, 11) is 2.00. The van der Waals surface area contributed by atoms with Crippen LogP contribution in [0.1, 0.15) is 43.5 Å². The number of benzene rings is 1. The lowest BCUT2D eigenvalue weighted by Gasteiger charge is -2.32. The molecule has 138 valence electrons. The van der Waals surface area contributed by atoms with Crippen LogP contribution >= 0.6 is 24.8 Å². The molecule has 6 heteroatoms. The van der Waals surface area contributed by atoms with Crippen molar-refractivity contribution in [2.75, 3.05) is 38.1 Å². The average Bonchev–Trinajstić information content (AvgIpc) is 2.59. The number of likely N-dealkylation sites (tertiary alicyclic amines) is 1. The normalized spacial score (nSPS) is 14.5. The minimum atomic E-state index is 0. The molecule has 24 heavy (non-hydrogen) atoms. The first-order valence-corrected chi connectivity index (χ1v) is 8.51. The van der Waals surface area contributed by atoms with Gasteiger partial charge in [-0.25, -0.2) is 0 Å². The molecule has 0 spiro atoms. The molecule has 1 saturated heterocycles. The number of hydrogen-bond donors (Lipinski definition) is 1. The summed E-state index contributed by atoms with van der Waals surface area (Å²) >= 11 is 0. The number of hydrogen-bond acceptors (Lipinski definition) is 3. The predicted molar refractivity (Wildman–Crippen MR) is 107 cm³/mol. The highest BCUT2D eigenvalue weighted by molar-refractivity contribution is 5.94. The van der Waals surface area contributed by atoms with Gasteiger partial charge in [0, 0.05) is 43.5 Å². The van der Waals surface area contributed by atoms with E-state index in [-0.39, 0.29) is 30.7 Å². The fraction of sp³-hybridized carbons (Fsp3) is 0.611. The van der Waals surface area contributed by atoms with E-state index in [1.807, 2.05) is 24.1 Å². The van der Waals surface area contributed by atoms with Gasteiger partial charge in [0.15, 0.2) is 0 Å². The van der Waals surface area contributed by atoms with Crippen molar-refractivity contribution in [1.82, 2.24) is 10.2 Å². The van der Waals surface area contributed by atoms with Crippen molar-refractivity contribution in [3.05, 3.63) is 29.8 Å². The van der Waals surface area contributed by atoms with Gasteiger partial charge in [0.2, 0.25) is 0 Å². The highest BCUT2D eigenvalue weighted by Crippen LogP contribution is 2.18. The Morgan fingerprint density at radius 2 is 1.75 bits per heavy atom. The van der Waals surface area contributed by atoms with Crippen LogP contribution in [0.2, 0.25) is 0 Å². The molecule has 0 radical (unpaired) electrons. The maximum Gasteiger partial charge on any atom is 0.253 e. The first-order chi connectivity index (χ1) is 10.7. The SMILES string of the molecule is CCCN(CC)c1ccc(C(=O)N2CCC(NC)CC2)cc1.Cl.Cl. The maximum absolute atomic E-state index is 12.6. The molecule has 1 aliphatic rings. The van der Waals surface area contributed by atoms with Crippen LogP contribution in [-0.4, -0.2) is 50.1 Å². The topological polar surface area (TPSA) is 35.6 Å². The predicted octanol–water partition coefficient (Wildman–Crippen LogP) is 3.59. The zero-order valence-electron chi connectivity index (χ0n) is 15.0. The Bertz CT molecular complexity index is 474. The Labute approximate surface area is 158 Å². The quantitative estimate of drug-likeness (QED) is 0.824. The fourth-order valence-corrected chi connectivity index (χ4v) is 3.11. The van der Waals surface area contributed by atoms with Gasteiger partial charge < -0.3 is 15.1 Å². The molecule has 0 atom stereocenters.